The lowest BCUT2D eigenvalue weighted by atomic mass is 10.1. The minimum atomic E-state index is -4.57. The van der Waals surface area contributed by atoms with Crippen molar-refractivity contribution in [3.8, 4) is 0 Å². The van der Waals surface area contributed by atoms with E-state index >= 15 is 0 Å². The van der Waals surface area contributed by atoms with Gasteiger partial charge in [-0.1, -0.05) is 37.3 Å². The molecule has 2 aromatic carbocycles. The fourth-order valence-electron chi connectivity index (χ4n) is 2.44. The summed E-state index contributed by atoms with van der Waals surface area (Å²) in [4.78, 5) is 25.8. The van der Waals surface area contributed by atoms with E-state index in [4.69, 9.17) is 0 Å². The molecule has 0 aliphatic rings. The summed E-state index contributed by atoms with van der Waals surface area (Å²) in [7, 11) is 0. The highest BCUT2D eigenvalue weighted by molar-refractivity contribution is 5.95. The Bertz CT molecular complexity index is 779. The van der Waals surface area contributed by atoms with Crippen molar-refractivity contribution in [2.45, 2.75) is 13.1 Å². The smallest absolute Gasteiger partial charge is 0.325 e. The van der Waals surface area contributed by atoms with Gasteiger partial charge in [-0.2, -0.15) is 13.2 Å². The van der Waals surface area contributed by atoms with Gasteiger partial charge in [0.1, 0.15) is 0 Å². The number of hydrogen-bond acceptors (Lipinski definition) is 3. The molecule has 144 valence electrons. The summed E-state index contributed by atoms with van der Waals surface area (Å²) in [6.45, 7) is 1.88. The van der Waals surface area contributed by atoms with E-state index in [1.54, 1.807) is 31.2 Å². The molecule has 0 aromatic heterocycles. The number of halogens is 3. The third-order valence-electron chi connectivity index (χ3n) is 3.75. The molecule has 0 spiro atoms. The number of para-hydroxylation sites is 2. The zero-order valence-corrected chi connectivity index (χ0v) is 14.7. The maximum Gasteiger partial charge on any atom is 0.418 e. The second-order valence-corrected chi connectivity index (χ2v) is 5.81. The molecule has 0 saturated heterocycles. The fraction of sp³-hybridized carbons (Fsp3) is 0.263. The number of carbonyl (C=O) groups is 2. The fourth-order valence-corrected chi connectivity index (χ4v) is 2.44. The maximum atomic E-state index is 13.0. The molecule has 0 aliphatic carbocycles. The minimum Gasteiger partial charge on any atom is -0.325 e. The number of nitrogens with one attached hydrogen (secondary N) is 2. The molecule has 2 aromatic rings. The molecule has 0 atom stereocenters. The molecule has 5 nitrogen and oxygen atoms in total. The average Bonchev–Trinajstić information content (AvgIpc) is 2.61. The quantitative estimate of drug-likeness (QED) is 0.773. The Hall–Kier alpha value is -2.87. The van der Waals surface area contributed by atoms with Crippen LogP contribution in [0.15, 0.2) is 54.6 Å². The number of anilines is 2. The SMILES string of the molecule is CCN(CC(=O)Nc1ccccc1)CC(=O)Nc1ccccc1C(F)(F)F. The second kappa shape index (κ2) is 9.18. The van der Waals surface area contributed by atoms with Crippen molar-refractivity contribution in [2.24, 2.45) is 0 Å². The van der Waals surface area contributed by atoms with Gasteiger partial charge in [-0.05, 0) is 30.8 Å². The Kier molecular flexibility index (Phi) is 6.95. The van der Waals surface area contributed by atoms with Crippen LogP contribution in [0.3, 0.4) is 0 Å². The van der Waals surface area contributed by atoms with Crippen LogP contribution in [0.5, 0.6) is 0 Å². The van der Waals surface area contributed by atoms with Crippen LogP contribution in [-0.4, -0.2) is 36.3 Å². The van der Waals surface area contributed by atoms with Gasteiger partial charge in [0.15, 0.2) is 0 Å². The molecular formula is C19H20F3N3O2. The zero-order chi connectivity index (χ0) is 19.9. The Balaban J connectivity index is 1.94. The van der Waals surface area contributed by atoms with E-state index in [1.807, 2.05) is 6.07 Å². The number of rotatable bonds is 7. The van der Waals surface area contributed by atoms with E-state index in [0.717, 1.165) is 6.07 Å². The standard InChI is InChI=1S/C19H20F3N3O2/c1-2-25(12-17(26)23-14-8-4-3-5-9-14)13-18(27)24-16-11-7-6-10-15(16)19(20,21)22/h3-11H,2,12-13H2,1H3,(H,23,26)(H,24,27). The molecule has 2 rings (SSSR count). The van der Waals surface area contributed by atoms with Crippen molar-refractivity contribution in [1.82, 2.24) is 4.90 Å². The molecular weight excluding hydrogens is 359 g/mol. The lowest BCUT2D eigenvalue weighted by Crippen LogP contribution is -2.38. The summed E-state index contributed by atoms with van der Waals surface area (Å²) < 4.78 is 39.0. The Morgan fingerprint density at radius 2 is 1.44 bits per heavy atom. The van der Waals surface area contributed by atoms with Crippen LogP contribution < -0.4 is 10.6 Å². The van der Waals surface area contributed by atoms with E-state index in [1.165, 1.54) is 23.1 Å². The summed E-state index contributed by atoms with van der Waals surface area (Å²) in [5.74, 6) is -0.937. The average molecular weight is 379 g/mol. The number of carbonyl (C=O) groups excluding carboxylic acids is 2. The number of benzene rings is 2. The van der Waals surface area contributed by atoms with E-state index in [9.17, 15) is 22.8 Å². The van der Waals surface area contributed by atoms with Gasteiger partial charge >= 0.3 is 6.18 Å². The lowest BCUT2D eigenvalue weighted by molar-refractivity contribution is -0.137. The molecule has 2 N–H and O–H groups in total. The van der Waals surface area contributed by atoms with Crippen LogP contribution in [0.1, 0.15) is 12.5 Å². The summed E-state index contributed by atoms with van der Waals surface area (Å²) in [5, 5.41) is 4.97. The predicted octanol–water partition coefficient (Wildman–Crippen LogP) is 3.60. The first-order valence-corrected chi connectivity index (χ1v) is 8.33. The van der Waals surface area contributed by atoms with Gasteiger partial charge in [-0.3, -0.25) is 14.5 Å². The van der Waals surface area contributed by atoms with Gasteiger partial charge in [0.2, 0.25) is 11.8 Å². The highest BCUT2D eigenvalue weighted by Crippen LogP contribution is 2.34. The maximum absolute atomic E-state index is 13.0. The monoisotopic (exact) mass is 379 g/mol. The van der Waals surface area contributed by atoms with Gasteiger partial charge in [-0.15, -0.1) is 0 Å². The third kappa shape index (κ3) is 6.41. The third-order valence-corrected chi connectivity index (χ3v) is 3.75. The highest BCUT2D eigenvalue weighted by atomic mass is 19.4. The van der Waals surface area contributed by atoms with Crippen molar-refractivity contribution in [1.29, 1.82) is 0 Å². The Morgan fingerprint density at radius 1 is 0.889 bits per heavy atom. The van der Waals surface area contributed by atoms with Crippen LogP contribution in [0.4, 0.5) is 24.5 Å². The lowest BCUT2D eigenvalue weighted by Gasteiger charge is -2.20. The molecule has 0 heterocycles. The van der Waals surface area contributed by atoms with E-state index in [-0.39, 0.29) is 24.7 Å². The number of amides is 2. The van der Waals surface area contributed by atoms with E-state index < -0.39 is 17.6 Å². The highest BCUT2D eigenvalue weighted by Gasteiger charge is 2.33. The van der Waals surface area contributed by atoms with Crippen LogP contribution in [0, 0.1) is 0 Å². The second-order valence-electron chi connectivity index (χ2n) is 5.81. The molecule has 8 heteroatoms. The van der Waals surface area contributed by atoms with Crippen LogP contribution >= 0.6 is 0 Å². The van der Waals surface area contributed by atoms with Crippen molar-refractivity contribution < 1.29 is 22.8 Å². The van der Waals surface area contributed by atoms with Gasteiger partial charge in [0.25, 0.3) is 0 Å². The number of nitrogens with zero attached hydrogens (tertiary/aromatic N) is 1. The predicted molar refractivity (Wildman–Crippen MR) is 97.3 cm³/mol. The Labute approximate surface area is 155 Å². The van der Waals surface area contributed by atoms with E-state index in [2.05, 4.69) is 10.6 Å². The molecule has 0 aliphatic heterocycles. The number of alkyl halides is 3. The summed E-state index contributed by atoms with van der Waals surface area (Å²) >= 11 is 0. The first-order valence-electron chi connectivity index (χ1n) is 8.33. The molecule has 0 saturated carbocycles. The normalized spacial score (nSPS) is 11.3. The topological polar surface area (TPSA) is 61.4 Å². The van der Waals surface area contributed by atoms with Crippen molar-refractivity contribution in [3.05, 3.63) is 60.2 Å². The minimum absolute atomic E-state index is 0.0558. The van der Waals surface area contributed by atoms with Crippen LogP contribution in [0.2, 0.25) is 0 Å². The molecule has 2 amide bonds. The summed E-state index contributed by atoms with van der Waals surface area (Å²) in [6.07, 6.45) is -4.57. The molecule has 0 unspecified atom stereocenters. The van der Waals surface area contributed by atoms with Crippen molar-refractivity contribution >= 4 is 23.2 Å². The van der Waals surface area contributed by atoms with Crippen LogP contribution in [0.25, 0.3) is 0 Å². The van der Waals surface area contributed by atoms with Gasteiger partial charge in [0.05, 0.1) is 24.3 Å². The number of hydrogen-bond donors (Lipinski definition) is 2. The van der Waals surface area contributed by atoms with Gasteiger partial charge in [-0.25, -0.2) is 0 Å². The Morgan fingerprint density at radius 3 is 2.04 bits per heavy atom. The van der Waals surface area contributed by atoms with Gasteiger partial charge < -0.3 is 10.6 Å². The molecule has 0 bridgehead atoms. The first-order chi connectivity index (χ1) is 12.8. The van der Waals surface area contributed by atoms with E-state index in [0.29, 0.717) is 12.2 Å². The van der Waals surface area contributed by atoms with Crippen molar-refractivity contribution in [2.75, 3.05) is 30.3 Å². The first kappa shape index (κ1) is 20.4. The number of likely N-dealkylation sites (N-methyl/N-ethyl adjacent to an activating group) is 1. The van der Waals surface area contributed by atoms with Crippen molar-refractivity contribution in [3.63, 3.8) is 0 Å². The largest absolute Gasteiger partial charge is 0.418 e. The molecule has 0 fully saturated rings. The van der Waals surface area contributed by atoms with Crippen LogP contribution in [-0.2, 0) is 15.8 Å². The molecule has 0 radical (unpaired) electrons. The summed E-state index contributed by atoms with van der Waals surface area (Å²) in [6, 6.07) is 13.6. The summed E-state index contributed by atoms with van der Waals surface area (Å²) in [5.41, 5.74) is -0.592. The van der Waals surface area contributed by atoms with Gasteiger partial charge in [0, 0.05) is 5.69 Å². The zero-order valence-electron chi connectivity index (χ0n) is 14.7. The molecule has 27 heavy (non-hydrogen) atoms.